The zero-order valence-corrected chi connectivity index (χ0v) is 15.0. The number of hydrogen-bond acceptors (Lipinski definition) is 4. The van der Waals surface area contributed by atoms with Gasteiger partial charge in [0, 0.05) is 12.1 Å². The van der Waals surface area contributed by atoms with Crippen molar-refractivity contribution in [2.75, 3.05) is 33.4 Å². The molecule has 0 aliphatic carbocycles. The Hall–Kier alpha value is -2.77. The molecule has 132 valence electrons. The van der Waals surface area contributed by atoms with Gasteiger partial charge in [0.2, 0.25) is 0 Å². The number of hydrogen-bond donors (Lipinski definition) is 0. The minimum absolute atomic E-state index is 0.602. The highest BCUT2D eigenvalue weighted by Crippen LogP contribution is 2.39. The summed E-state index contributed by atoms with van der Waals surface area (Å²) >= 11 is 0. The molecule has 4 nitrogen and oxygen atoms in total. The van der Waals surface area contributed by atoms with Crippen LogP contribution in [0.1, 0.15) is 29.5 Å². The van der Waals surface area contributed by atoms with Gasteiger partial charge < -0.3 is 9.47 Å². The van der Waals surface area contributed by atoms with Crippen LogP contribution in [0.25, 0.3) is 5.57 Å². The molecule has 2 heterocycles. The number of benzene rings is 2. The third-order valence-corrected chi connectivity index (χ3v) is 5.13. The Labute approximate surface area is 154 Å². The molecule has 4 rings (SSSR count). The van der Waals surface area contributed by atoms with E-state index in [1.54, 1.807) is 7.11 Å². The van der Waals surface area contributed by atoms with Crippen LogP contribution < -0.4 is 9.47 Å². The third kappa shape index (κ3) is 3.18. The molecule has 0 saturated carbocycles. The summed E-state index contributed by atoms with van der Waals surface area (Å²) in [7, 11) is 1.68. The van der Waals surface area contributed by atoms with E-state index in [0.29, 0.717) is 12.2 Å². The van der Waals surface area contributed by atoms with Gasteiger partial charge in [-0.3, -0.25) is 4.90 Å². The predicted octanol–water partition coefficient (Wildman–Crippen LogP) is 3.86. The second-order valence-corrected chi connectivity index (χ2v) is 6.80. The summed E-state index contributed by atoms with van der Waals surface area (Å²) < 4.78 is 11.5. The summed E-state index contributed by atoms with van der Waals surface area (Å²) in [5, 5.41) is 9.10. The number of ether oxygens (including phenoxy) is 2. The first-order valence-corrected chi connectivity index (χ1v) is 9.04. The van der Waals surface area contributed by atoms with Crippen LogP contribution in [-0.2, 0) is 0 Å². The second kappa shape index (κ2) is 7.23. The van der Waals surface area contributed by atoms with Gasteiger partial charge in [-0.2, -0.15) is 5.26 Å². The van der Waals surface area contributed by atoms with Crippen molar-refractivity contribution in [1.82, 2.24) is 4.90 Å². The van der Waals surface area contributed by atoms with Crippen molar-refractivity contribution >= 4 is 5.57 Å². The zero-order valence-electron chi connectivity index (χ0n) is 15.0. The van der Waals surface area contributed by atoms with Gasteiger partial charge in [0.05, 0.1) is 18.7 Å². The Kier molecular flexibility index (Phi) is 4.64. The van der Waals surface area contributed by atoms with Crippen molar-refractivity contribution in [2.24, 2.45) is 0 Å². The maximum Gasteiger partial charge on any atom is 0.127 e. The monoisotopic (exact) mass is 346 g/mol. The number of likely N-dealkylation sites (tertiary alicyclic amines) is 1. The molecule has 0 unspecified atom stereocenters. The first kappa shape index (κ1) is 16.7. The van der Waals surface area contributed by atoms with Crippen LogP contribution in [-0.4, -0.2) is 38.3 Å². The number of methoxy groups -OCH3 is 1. The summed E-state index contributed by atoms with van der Waals surface area (Å²) in [6.07, 6.45) is 2.54. The first-order valence-electron chi connectivity index (χ1n) is 9.04. The average molecular weight is 346 g/mol. The summed E-state index contributed by atoms with van der Waals surface area (Å²) in [4.78, 5) is 2.49. The molecule has 0 N–H and O–H groups in total. The van der Waals surface area contributed by atoms with Crippen molar-refractivity contribution in [2.45, 2.75) is 12.8 Å². The highest BCUT2D eigenvalue weighted by molar-refractivity contribution is 5.87. The number of nitriles is 1. The van der Waals surface area contributed by atoms with Crippen LogP contribution in [0.5, 0.6) is 11.5 Å². The van der Waals surface area contributed by atoms with Crippen molar-refractivity contribution < 1.29 is 9.47 Å². The van der Waals surface area contributed by atoms with E-state index in [0.717, 1.165) is 42.3 Å². The lowest BCUT2D eigenvalue weighted by Crippen LogP contribution is -2.26. The molecule has 0 aromatic heterocycles. The molecule has 1 fully saturated rings. The van der Waals surface area contributed by atoms with Gasteiger partial charge in [0.1, 0.15) is 18.1 Å². The molecule has 2 aromatic carbocycles. The van der Waals surface area contributed by atoms with Gasteiger partial charge in [0.25, 0.3) is 0 Å². The fourth-order valence-corrected chi connectivity index (χ4v) is 3.79. The molecule has 2 aliphatic heterocycles. The van der Waals surface area contributed by atoms with Gasteiger partial charge in [-0.15, -0.1) is 0 Å². The third-order valence-electron chi connectivity index (χ3n) is 5.13. The van der Waals surface area contributed by atoms with Crippen molar-refractivity contribution in [3.63, 3.8) is 0 Å². The summed E-state index contributed by atoms with van der Waals surface area (Å²) in [6.45, 7) is 3.82. The van der Waals surface area contributed by atoms with Crippen LogP contribution in [0, 0.1) is 11.3 Å². The highest BCUT2D eigenvalue weighted by Gasteiger charge is 2.24. The number of nitrogens with zero attached hydrogens (tertiary/aromatic N) is 2. The fourth-order valence-electron chi connectivity index (χ4n) is 3.79. The Morgan fingerprint density at radius 2 is 1.88 bits per heavy atom. The molecular weight excluding hydrogens is 324 g/mol. The van der Waals surface area contributed by atoms with Crippen LogP contribution in [0.2, 0.25) is 0 Å². The van der Waals surface area contributed by atoms with E-state index in [9.17, 15) is 0 Å². The van der Waals surface area contributed by atoms with Gasteiger partial charge in [-0.1, -0.05) is 12.1 Å². The Morgan fingerprint density at radius 3 is 2.58 bits per heavy atom. The number of rotatable bonds is 4. The Balaban J connectivity index is 1.82. The van der Waals surface area contributed by atoms with Crippen LogP contribution in [0.3, 0.4) is 0 Å². The molecule has 0 bridgehead atoms. The van der Waals surface area contributed by atoms with Crippen molar-refractivity contribution in [3.8, 4) is 17.6 Å². The molecular formula is C22H22N2O2. The van der Waals surface area contributed by atoms with Crippen LogP contribution in [0.4, 0.5) is 0 Å². The molecule has 0 spiro atoms. The summed E-state index contributed by atoms with van der Waals surface area (Å²) in [6, 6.07) is 16.0. The smallest absolute Gasteiger partial charge is 0.127 e. The topological polar surface area (TPSA) is 45.5 Å². The lowest BCUT2D eigenvalue weighted by Gasteiger charge is -2.27. The van der Waals surface area contributed by atoms with Crippen molar-refractivity contribution in [3.05, 3.63) is 64.7 Å². The van der Waals surface area contributed by atoms with Gasteiger partial charge in [-0.25, -0.2) is 0 Å². The minimum Gasteiger partial charge on any atom is -0.497 e. The first-order chi connectivity index (χ1) is 12.8. The van der Waals surface area contributed by atoms with E-state index in [2.05, 4.69) is 11.0 Å². The van der Waals surface area contributed by atoms with E-state index in [-0.39, 0.29) is 0 Å². The van der Waals surface area contributed by atoms with E-state index in [1.807, 2.05) is 42.5 Å². The normalized spacial score (nSPS) is 16.8. The van der Waals surface area contributed by atoms with Crippen LogP contribution >= 0.6 is 0 Å². The lowest BCUT2D eigenvalue weighted by molar-refractivity contribution is 0.308. The second-order valence-electron chi connectivity index (χ2n) is 6.80. The van der Waals surface area contributed by atoms with Gasteiger partial charge >= 0.3 is 0 Å². The quantitative estimate of drug-likeness (QED) is 0.843. The molecule has 1 saturated heterocycles. The molecule has 26 heavy (non-hydrogen) atoms. The van der Waals surface area contributed by atoms with Crippen LogP contribution in [0.15, 0.2) is 48.0 Å². The molecule has 0 atom stereocenters. The maximum atomic E-state index is 9.10. The highest BCUT2D eigenvalue weighted by atomic mass is 16.5. The van der Waals surface area contributed by atoms with E-state index < -0.39 is 0 Å². The fraction of sp³-hybridized carbons (Fsp3) is 0.318. The van der Waals surface area contributed by atoms with E-state index in [1.165, 1.54) is 24.0 Å². The molecule has 0 radical (unpaired) electrons. The van der Waals surface area contributed by atoms with Crippen molar-refractivity contribution in [1.29, 1.82) is 5.26 Å². The predicted molar refractivity (Wildman–Crippen MR) is 101 cm³/mol. The average Bonchev–Trinajstić information content (AvgIpc) is 3.20. The standard InChI is InChI=1S/C22H22N2O2/c1-25-19-8-9-21-20(12-19)22(17-6-4-16(13-23)5-7-17)18(15-26-21)14-24-10-2-3-11-24/h4-9,12H,2-3,10-11,14-15H2,1H3. The molecule has 4 heteroatoms. The summed E-state index contributed by atoms with van der Waals surface area (Å²) in [5.74, 6) is 1.70. The van der Waals surface area contributed by atoms with Gasteiger partial charge in [-0.05, 0) is 73.0 Å². The maximum absolute atomic E-state index is 9.10. The van der Waals surface area contributed by atoms with E-state index >= 15 is 0 Å². The lowest BCUT2D eigenvalue weighted by atomic mass is 9.90. The number of fused-ring (bicyclic) bond motifs is 1. The molecule has 0 amide bonds. The Bertz CT molecular complexity index is 872. The SMILES string of the molecule is COc1ccc2c(c1)C(c1ccc(C#N)cc1)=C(CN1CCCC1)CO2. The molecule has 2 aliphatic rings. The Morgan fingerprint density at radius 1 is 1.12 bits per heavy atom. The minimum atomic E-state index is 0.602. The largest absolute Gasteiger partial charge is 0.497 e. The summed E-state index contributed by atoms with van der Waals surface area (Å²) in [5.41, 5.74) is 5.36. The van der Waals surface area contributed by atoms with E-state index in [4.69, 9.17) is 14.7 Å². The zero-order chi connectivity index (χ0) is 17.9. The van der Waals surface area contributed by atoms with Gasteiger partial charge in [0.15, 0.2) is 0 Å². The molecule has 2 aromatic rings.